The molecule has 0 aliphatic carbocycles. The Morgan fingerprint density at radius 1 is 1.11 bits per heavy atom. The fourth-order valence-corrected chi connectivity index (χ4v) is 2.40. The Morgan fingerprint density at radius 3 is 2.70 bits per heavy atom. The van der Waals surface area contributed by atoms with Crippen LogP contribution >= 0.6 is 0 Å². The van der Waals surface area contributed by atoms with Crippen LogP contribution in [0, 0.1) is 5.82 Å². The Morgan fingerprint density at radius 2 is 1.93 bits per heavy atom. The molecule has 6 nitrogen and oxygen atoms in total. The van der Waals surface area contributed by atoms with Gasteiger partial charge in [0.15, 0.2) is 0 Å². The number of pyridine rings is 1. The van der Waals surface area contributed by atoms with Gasteiger partial charge in [-0.15, -0.1) is 0 Å². The van der Waals surface area contributed by atoms with Crippen molar-refractivity contribution in [1.29, 1.82) is 0 Å². The number of carbonyl (C=O) groups excluding carboxylic acids is 1. The molecule has 1 N–H and O–H groups in total. The fourth-order valence-electron chi connectivity index (χ4n) is 2.40. The van der Waals surface area contributed by atoms with Gasteiger partial charge in [-0.2, -0.15) is 4.73 Å². The molecule has 3 aromatic rings. The zero-order valence-corrected chi connectivity index (χ0v) is 14.5. The van der Waals surface area contributed by atoms with Crippen LogP contribution in [0.15, 0.2) is 71.7 Å². The summed E-state index contributed by atoms with van der Waals surface area (Å²) in [6, 6.07) is 15.8. The maximum Gasteiger partial charge on any atom is 0.295 e. The number of aromatic nitrogens is 1. The molecule has 0 fully saturated rings. The predicted molar refractivity (Wildman–Crippen MR) is 98.3 cm³/mol. The summed E-state index contributed by atoms with van der Waals surface area (Å²) < 4.78 is 19.7. The Kier molecular flexibility index (Phi) is 5.51. The van der Waals surface area contributed by atoms with Crippen molar-refractivity contribution in [2.45, 2.75) is 6.61 Å². The van der Waals surface area contributed by atoms with E-state index in [4.69, 9.17) is 9.57 Å². The second-order valence-electron chi connectivity index (χ2n) is 5.60. The van der Waals surface area contributed by atoms with Gasteiger partial charge in [0.05, 0.1) is 7.11 Å². The van der Waals surface area contributed by atoms with E-state index < -0.39 is 17.3 Å². The van der Waals surface area contributed by atoms with Crippen LogP contribution in [0.2, 0.25) is 0 Å². The molecule has 0 saturated heterocycles. The van der Waals surface area contributed by atoms with E-state index in [2.05, 4.69) is 5.32 Å². The average molecular weight is 368 g/mol. The van der Waals surface area contributed by atoms with Crippen molar-refractivity contribution < 1.29 is 18.8 Å². The number of nitrogens with one attached hydrogen (secondary N) is 1. The van der Waals surface area contributed by atoms with Crippen molar-refractivity contribution in [3.8, 4) is 5.75 Å². The molecule has 0 unspecified atom stereocenters. The normalized spacial score (nSPS) is 10.3. The van der Waals surface area contributed by atoms with Crippen LogP contribution in [0.4, 0.5) is 10.1 Å². The van der Waals surface area contributed by atoms with Crippen molar-refractivity contribution in [1.82, 2.24) is 4.73 Å². The number of anilines is 1. The predicted octanol–water partition coefficient (Wildman–Crippen LogP) is 2.88. The zero-order chi connectivity index (χ0) is 19.2. The van der Waals surface area contributed by atoms with Gasteiger partial charge in [-0.05, 0) is 30.3 Å². The first-order chi connectivity index (χ1) is 13.1. The van der Waals surface area contributed by atoms with Crippen LogP contribution in [0.3, 0.4) is 0 Å². The zero-order valence-electron chi connectivity index (χ0n) is 14.5. The molecule has 1 amide bonds. The van der Waals surface area contributed by atoms with Gasteiger partial charge in [0, 0.05) is 23.5 Å². The molecule has 1 heterocycles. The third-order valence-corrected chi connectivity index (χ3v) is 3.80. The second-order valence-corrected chi connectivity index (χ2v) is 5.60. The van der Waals surface area contributed by atoms with Crippen LogP contribution < -0.4 is 20.5 Å². The number of ether oxygens (including phenoxy) is 1. The highest BCUT2D eigenvalue weighted by Crippen LogP contribution is 2.17. The Bertz CT molecular complexity index is 1020. The topological polar surface area (TPSA) is 69.6 Å². The van der Waals surface area contributed by atoms with E-state index in [0.717, 1.165) is 4.73 Å². The molecule has 0 radical (unpaired) electrons. The number of hydrogen-bond acceptors (Lipinski definition) is 4. The van der Waals surface area contributed by atoms with Crippen molar-refractivity contribution in [2.75, 3.05) is 12.4 Å². The van der Waals surface area contributed by atoms with Gasteiger partial charge < -0.3 is 14.9 Å². The van der Waals surface area contributed by atoms with Crippen molar-refractivity contribution in [2.24, 2.45) is 0 Å². The van der Waals surface area contributed by atoms with Crippen LogP contribution in [0.1, 0.15) is 15.9 Å². The standard InChI is InChI=1S/C20H17FN2O4/c1-26-16-8-4-7-15(12-16)22-19(24)17-9-5-11-23(20(17)25)27-13-14-6-2-3-10-18(14)21/h2-12H,13H2,1H3,(H,22,24). The maximum absolute atomic E-state index is 13.7. The van der Waals surface area contributed by atoms with Gasteiger partial charge in [0.25, 0.3) is 11.5 Å². The Balaban J connectivity index is 1.76. The summed E-state index contributed by atoms with van der Waals surface area (Å²) in [5, 5.41) is 2.64. The van der Waals surface area contributed by atoms with E-state index >= 15 is 0 Å². The molecule has 27 heavy (non-hydrogen) atoms. The lowest BCUT2D eigenvalue weighted by Crippen LogP contribution is -2.32. The highest BCUT2D eigenvalue weighted by Gasteiger charge is 2.14. The first-order valence-corrected chi connectivity index (χ1v) is 8.12. The lowest BCUT2D eigenvalue weighted by Gasteiger charge is -2.11. The van der Waals surface area contributed by atoms with Gasteiger partial charge in [-0.3, -0.25) is 9.59 Å². The molecular formula is C20H17FN2O4. The number of carbonyl (C=O) groups is 1. The summed E-state index contributed by atoms with van der Waals surface area (Å²) in [6.07, 6.45) is 1.37. The fraction of sp³-hybridized carbons (Fsp3) is 0.100. The summed E-state index contributed by atoms with van der Waals surface area (Å²) in [7, 11) is 1.52. The quantitative estimate of drug-likeness (QED) is 0.726. The van der Waals surface area contributed by atoms with Crippen molar-refractivity contribution >= 4 is 11.6 Å². The number of halogens is 1. The molecule has 138 valence electrons. The first kappa shape index (κ1) is 18.2. The maximum atomic E-state index is 13.7. The third-order valence-electron chi connectivity index (χ3n) is 3.80. The lowest BCUT2D eigenvalue weighted by molar-refractivity contribution is 0.0847. The lowest BCUT2D eigenvalue weighted by atomic mass is 10.2. The molecule has 0 aliphatic rings. The summed E-state index contributed by atoms with van der Waals surface area (Å²) in [4.78, 5) is 30.3. The van der Waals surface area contributed by atoms with E-state index in [1.807, 2.05) is 0 Å². The van der Waals surface area contributed by atoms with E-state index in [0.29, 0.717) is 17.0 Å². The molecule has 0 saturated carbocycles. The SMILES string of the molecule is COc1cccc(NC(=O)c2cccn(OCc3ccccc3F)c2=O)c1. The minimum absolute atomic E-state index is 0.103. The highest BCUT2D eigenvalue weighted by atomic mass is 19.1. The average Bonchev–Trinajstić information content (AvgIpc) is 2.68. The number of rotatable bonds is 6. The second kappa shape index (κ2) is 8.18. The van der Waals surface area contributed by atoms with Gasteiger partial charge in [0.2, 0.25) is 0 Å². The monoisotopic (exact) mass is 368 g/mol. The molecule has 0 aliphatic heterocycles. The Hall–Kier alpha value is -3.61. The van der Waals surface area contributed by atoms with E-state index in [1.165, 1.54) is 31.5 Å². The molecular weight excluding hydrogens is 351 g/mol. The van der Waals surface area contributed by atoms with Gasteiger partial charge in [-0.25, -0.2) is 4.39 Å². The molecule has 3 rings (SSSR count). The number of methoxy groups -OCH3 is 1. The van der Waals surface area contributed by atoms with Gasteiger partial charge in [0.1, 0.15) is 23.7 Å². The molecule has 0 bridgehead atoms. The summed E-state index contributed by atoms with van der Waals surface area (Å²) >= 11 is 0. The van der Waals surface area contributed by atoms with Crippen molar-refractivity contribution in [3.63, 3.8) is 0 Å². The highest BCUT2D eigenvalue weighted by molar-refractivity contribution is 6.04. The first-order valence-electron chi connectivity index (χ1n) is 8.12. The summed E-state index contributed by atoms with van der Waals surface area (Å²) in [6.45, 7) is -0.145. The number of hydrogen-bond donors (Lipinski definition) is 1. The number of nitrogens with zero attached hydrogens (tertiary/aromatic N) is 1. The van der Waals surface area contributed by atoms with E-state index in [9.17, 15) is 14.0 Å². The van der Waals surface area contributed by atoms with Crippen LogP contribution in [0.25, 0.3) is 0 Å². The Labute approximate surface area is 154 Å². The molecule has 0 spiro atoms. The summed E-state index contributed by atoms with van der Waals surface area (Å²) in [5.74, 6) is -0.443. The third kappa shape index (κ3) is 4.33. The summed E-state index contributed by atoms with van der Waals surface area (Å²) in [5.41, 5.74) is 0.0418. The van der Waals surface area contributed by atoms with Crippen molar-refractivity contribution in [3.05, 3.63) is 94.2 Å². The number of benzene rings is 2. The van der Waals surface area contributed by atoms with Gasteiger partial charge in [-0.1, -0.05) is 24.3 Å². The minimum Gasteiger partial charge on any atom is -0.497 e. The molecule has 2 aromatic carbocycles. The minimum atomic E-state index is -0.644. The number of amides is 1. The van der Waals surface area contributed by atoms with Crippen LogP contribution in [0.5, 0.6) is 5.75 Å². The molecule has 1 aromatic heterocycles. The smallest absolute Gasteiger partial charge is 0.295 e. The molecule has 7 heteroatoms. The van der Waals surface area contributed by atoms with Crippen LogP contribution in [-0.4, -0.2) is 17.7 Å². The van der Waals surface area contributed by atoms with E-state index in [1.54, 1.807) is 42.5 Å². The van der Waals surface area contributed by atoms with Gasteiger partial charge >= 0.3 is 0 Å². The van der Waals surface area contributed by atoms with Crippen LogP contribution in [-0.2, 0) is 6.61 Å². The largest absolute Gasteiger partial charge is 0.497 e. The molecule has 0 atom stereocenters. The van der Waals surface area contributed by atoms with E-state index in [-0.39, 0.29) is 12.2 Å².